The minimum Gasteiger partial charge on any atom is -0.492 e. The topological polar surface area (TPSA) is 102 Å². The van der Waals surface area contributed by atoms with Crippen molar-refractivity contribution in [2.75, 3.05) is 89.5 Å². The predicted molar refractivity (Wildman–Crippen MR) is 260 cm³/mol. The van der Waals surface area contributed by atoms with E-state index in [1.54, 1.807) is 24.3 Å². The van der Waals surface area contributed by atoms with Crippen molar-refractivity contribution in [3.63, 3.8) is 0 Å². The van der Waals surface area contributed by atoms with E-state index in [-0.39, 0.29) is 17.6 Å². The van der Waals surface area contributed by atoms with Gasteiger partial charge in [-0.25, -0.2) is 4.39 Å². The van der Waals surface area contributed by atoms with Crippen LogP contribution in [0.2, 0.25) is 0 Å². The van der Waals surface area contributed by atoms with Gasteiger partial charge in [-0.3, -0.25) is 19.4 Å². The van der Waals surface area contributed by atoms with Crippen LogP contribution < -0.4 is 20.1 Å². The maximum absolute atomic E-state index is 13.5. The number of carbonyl (C=O) groups excluding carboxylic acids is 2. The van der Waals surface area contributed by atoms with Crippen LogP contribution in [-0.4, -0.2) is 101 Å². The minimum atomic E-state index is -0.273. The zero-order valence-corrected chi connectivity index (χ0v) is 38.0. The Morgan fingerprint density at radius 1 is 0.585 bits per heavy atom. The molecule has 2 heterocycles. The number of anilines is 2. The van der Waals surface area contributed by atoms with E-state index in [0.29, 0.717) is 24.3 Å². The summed E-state index contributed by atoms with van der Waals surface area (Å²) in [5.41, 5.74) is 5.22. The van der Waals surface area contributed by atoms with E-state index < -0.39 is 0 Å². The maximum atomic E-state index is 13.5. The molecule has 12 heteroatoms. The van der Waals surface area contributed by atoms with Gasteiger partial charge in [0, 0.05) is 87.8 Å². The van der Waals surface area contributed by atoms with Crippen LogP contribution in [0.1, 0.15) is 26.3 Å². The largest absolute Gasteiger partial charge is 0.492 e. The number of carbonyl (C=O) groups is 2. The van der Waals surface area contributed by atoms with Crippen LogP contribution in [0.3, 0.4) is 0 Å². The second kappa shape index (κ2) is 22.2. The Labute approximate surface area is 387 Å². The standard InChI is InChI=1S/C30H29FN2O3.C23H23BrN2O3/c1-21-19-24(31)9-10-25(21)22-5-4-6-23(20-22)30(34)32-28-11-12-29(27-8-3-2-7-26(27)28)36-18-15-33-13-16-35-17-14-33;24-18-5-3-4-17(16-18)23(27)25-21-8-9-22(20-7-2-1-6-19(20)21)29-15-12-26-10-13-28-14-11-26/h2-12,19-20H,13-18H2,1H3,(H,32,34);1-9,16H,10-15H2,(H,25,27). The van der Waals surface area contributed by atoms with Gasteiger partial charge in [-0.05, 0) is 90.3 Å². The highest BCUT2D eigenvalue weighted by Crippen LogP contribution is 2.34. The number of rotatable bonds is 13. The summed E-state index contributed by atoms with van der Waals surface area (Å²) in [5, 5.41) is 9.90. The zero-order valence-electron chi connectivity index (χ0n) is 36.4. The van der Waals surface area contributed by atoms with Gasteiger partial charge in [0.1, 0.15) is 30.5 Å². The lowest BCUT2D eigenvalue weighted by Gasteiger charge is -2.26. The average Bonchev–Trinajstić information content (AvgIpc) is 3.33. The molecule has 334 valence electrons. The Morgan fingerprint density at radius 3 is 1.58 bits per heavy atom. The highest BCUT2D eigenvalue weighted by molar-refractivity contribution is 9.10. The van der Waals surface area contributed by atoms with Crippen LogP contribution in [0.5, 0.6) is 11.5 Å². The Morgan fingerprint density at radius 2 is 1.08 bits per heavy atom. The van der Waals surface area contributed by atoms with Gasteiger partial charge in [-0.2, -0.15) is 0 Å². The number of nitrogens with zero attached hydrogens (tertiary/aromatic N) is 2. The van der Waals surface area contributed by atoms with Crippen LogP contribution in [0.15, 0.2) is 144 Å². The number of amides is 2. The fourth-order valence-corrected chi connectivity index (χ4v) is 8.43. The van der Waals surface area contributed by atoms with Crippen molar-refractivity contribution in [1.29, 1.82) is 0 Å². The average molecular weight is 940 g/mol. The number of morpholine rings is 2. The first-order valence-corrected chi connectivity index (χ1v) is 22.7. The molecule has 0 radical (unpaired) electrons. The number of nitrogens with one attached hydrogen (secondary N) is 2. The molecular weight excluding hydrogens is 888 g/mol. The van der Waals surface area contributed by atoms with Crippen LogP contribution in [0, 0.1) is 12.7 Å². The lowest BCUT2D eigenvalue weighted by molar-refractivity contribution is 0.0322. The third kappa shape index (κ3) is 12.0. The molecule has 9 rings (SSSR count). The molecule has 7 aromatic rings. The highest BCUT2D eigenvalue weighted by atomic mass is 79.9. The normalized spacial score (nSPS) is 14.3. The van der Waals surface area contributed by atoms with Crippen molar-refractivity contribution in [3.05, 3.63) is 167 Å². The Bertz CT molecular complexity index is 2760. The fraction of sp³-hybridized carbons (Fsp3) is 0.245. The first-order chi connectivity index (χ1) is 31.8. The first kappa shape index (κ1) is 45.4. The Balaban J connectivity index is 0.000000181. The Hall–Kier alpha value is -6.15. The van der Waals surface area contributed by atoms with E-state index in [4.69, 9.17) is 18.9 Å². The first-order valence-electron chi connectivity index (χ1n) is 21.9. The molecule has 2 fully saturated rings. The van der Waals surface area contributed by atoms with Crippen molar-refractivity contribution < 1.29 is 32.9 Å². The number of hydrogen-bond acceptors (Lipinski definition) is 8. The van der Waals surface area contributed by atoms with E-state index in [2.05, 4.69) is 36.4 Å². The fourth-order valence-electron chi connectivity index (χ4n) is 8.03. The molecule has 0 aromatic heterocycles. The summed E-state index contributed by atoms with van der Waals surface area (Å²) in [7, 11) is 0. The molecule has 2 aliphatic rings. The quantitative estimate of drug-likeness (QED) is 0.118. The number of aryl methyl sites for hydroxylation is 1. The molecule has 7 aromatic carbocycles. The van der Waals surface area contributed by atoms with Crippen molar-refractivity contribution in [2.45, 2.75) is 6.92 Å². The van der Waals surface area contributed by atoms with E-state index in [0.717, 1.165) is 131 Å². The SMILES string of the molecule is Cc1cc(F)ccc1-c1cccc(C(=O)Nc2ccc(OCCN3CCOCC3)c3ccccc23)c1.O=C(Nc1ccc(OCCN2CCOCC2)c2ccccc12)c1cccc(Br)c1. The molecular formula is C53H52BrFN4O6. The third-order valence-corrected chi connectivity index (χ3v) is 12.0. The number of ether oxygens (including phenoxy) is 4. The lowest BCUT2D eigenvalue weighted by atomic mass is 9.98. The molecule has 0 unspecified atom stereocenters. The van der Waals surface area contributed by atoms with Crippen molar-refractivity contribution >= 4 is 60.7 Å². The summed E-state index contributed by atoms with van der Waals surface area (Å²) in [5.74, 6) is 1.01. The molecule has 0 saturated carbocycles. The minimum absolute atomic E-state index is 0.141. The zero-order chi connectivity index (χ0) is 45.0. The van der Waals surface area contributed by atoms with Gasteiger partial charge in [0.15, 0.2) is 0 Å². The summed E-state index contributed by atoms with van der Waals surface area (Å²) < 4.78 is 37.4. The molecule has 2 amide bonds. The van der Waals surface area contributed by atoms with E-state index in [9.17, 15) is 14.0 Å². The number of benzene rings is 7. The van der Waals surface area contributed by atoms with E-state index in [1.807, 2.05) is 110 Å². The summed E-state index contributed by atoms with van der Waals surface area (Å²) in [6, 6.07) is 42.9. The van der Waals surface area contributed by atoms with Crippen molar-refractivity contribution in [1.82, 2.24) is 9.80 Å². The van der Waals surface area contributed by atoms with Crippen molar-refractivity contribution in [2.24, 2.45) is 0 Å². The maximum Gasteiger partial charge on any atom is 0.255 e. The van der Waals surface area contributed by atoms with E-state index in [1.165, 1.54) is 12.1 Å². The second-order valence-electron chi connectivity index (χ2n) is 15.9. The van der Waals surface area contributed by atoms with Crippen LogP contribution in [0.25, 0.3) is 32.7 Å². The third-order valence-electron chi connectivity index (χ3n) is 11.5. The summed E-state index contributed by atoms with van der Waals surface area (Å²) in [6.45, 7) is 11.7. The molecule has 2 saturated heterocycles. The predicted octanol–water partition coefficient (Wildman–Crippen LogP) is 10.5. The summed E-state index contributed by atoms with van der Waals surface area (Å²) in [6.07, 6.45) is 0. The van der Waals surface area contributed by atoms with Gasteiger partial charge >= 0.3 is 0 Å². The number of fused-ring (bicyclic) bond motifs is 2. The van der Waals surface area contributed by atoms with Crippen LogP contribution in [-0.2, 0) is 9.47 Å². The molecule has 0 spiro atoms. The van der Waals surface area contributed by atoms with Gasteiger partial charge < -0.3 is 29.6 Å². The molecule has 65 heavy (non-hydrogen) atoms. The smallest absolute Gasteiger partial charge is 0.255 e. The molecule has 10 nitrogen and oxygen atoms in total. The molecule has 0 aliphatic carbocycles. The van der Waals surface area contributed by atoms with Gasteiger partial charge in [0.2, 0.25) is 0 Å². The molecule has 0 bridgehead atoms. The van der Waals surface area contributed by atoms with Crippen LogP contribution in [0.4, 0.5) is 15.8 Å². The summed E-state index contributed by atoms with van der Waals surface area (Å²) in [4.78, 5) is 30.5. The number of halogens is 2. The lowest BCUT2D eigenvalue weighted by Crippen LogP contribution is -2.38. The van der Waals surface area contributed by atoms with Gasteiger partial charge in [-0.1, -0.05) is 88.7 Å². The monoisotopic (exact) mass is 938 g/mol. The molecule has 0 atom stereocenters. The van der Waals surface area contributed by atoms with Crippen molar-refractivity contribution in [3.8, 4) is 22.6 Å². The number of hydrogen-bond donors (Lipinski definition) is 2. The van der Waals surface area contributed by atoms with Gasteiger partial charge in [0.25, 0.3) is 11.8 Å². The van der Waals surface area contributed by atoms with Gasteiger partial charge in [0.05, 0.1) is 26.4 Å². The second-order valence-corrected chi connectivity index (χ2v) is 16.8. The van der Waals surface area contributed by atoms with Gasteiger partial charge in [-0.15, -0.1) is 0 Å². The Kier molecular flexibility index (Phi) is 15.5. The molecule has 2 aliphatic heterocycles. The van der Waals surface area contributed by atoms with Crippen LogP contribution >= 0.6 is 15.9 Å². The molecule has 2 N–H and O–H groups in total. The summed E-state index contributed by atoms with van der Waals surface area (Å²) >= 11 is 3.41. The van der Waals surface area contributed by atoms with E-state index >= 15 is 0 Å². The highest BCUT2D eigenvalue weighted by Gasteiger charge is 2.16.